The van der Waals surface area contributed by atoms with Crippen LogP contribution in [0.25, 0.3) is 10.9 Å². The van der Waals surface area contributed by atoms with Crippen molar-refractivity contribution < 1.29 is 22.7 Å². The first-order valence-electron chi connectivity index (χ1n) is 11.5. The number of carbonyl (C=O) groups is 1. The number of fused-ring (bicyclic) bond motifs is 1. The molecule has 4 rings (SSSR count). The molecule has 0 unspecified atom stereocenters. The second kappa shape index (κ2) is 11.0. The van der Waals surface area contributed by atoms with Crippen LogP contribution in [-0.4, -0.2) is 82.0 Å². The van der Waals surface area contributed by atoms with Crippen molar-refractivity contribution in [3.8, 4) is 0 Å². The minimum atomic E-state index is -4.48. The molecular formula is C22H27F3N8O3. The van der Waals surface area contributed by atoms with Crippen LogP contribution in [0.15, 0.2) is 29.5 Å². The van der Waals surface area contributed by atoms with Gasteiger partial charge in [-0.05, 0) is 13.1 Å². The fourth-order valence-corrected chi connectivity index (χ4v) is 4.11. The Morgan fingerprint density at radius 2 is 1.86 bits per heavy atom. The highest BCUT2D eigenvalue weighted by Gasteiger charge is 2.32. The van der Waals surface area contributed by atoms with E-state index in [9.17, 15) is 22.8 Å². The lowest BCUT2D eigenvalue weighted by atomic mass is 10.3. The van der Waals surface area contributed by atoms with Crippen LogP contribution in [0, 0.1) is 0 Å². The molecular weight excluding hydrogens is 481 g/mol. The third-order valence-corrected chi connectivity index (χ3v) is 5.98. The molecule has 1 aliphatic heterocycles. The van der Waals surface area contributed by atoms with Gasteiger partial charge in [-0.3, -0.25) is 9.59 Å². The predicted molar refractivity (Wildman–Crippen MR) is 124 cm³/mol. The number of hydrogen-bond donors (Lipinski definition) is 2. The summed E-state index contributed by atoms with van der Waals surface area (Å²) < 4.78 is 45.7. The molecule has 14 heteroatoms. The average molecular weight is 509 g/mol. The molecule has 0 aliphatic carbocycles. The third kappa shape index (κ3) is 5.82. The van der Waals surface area contributed by atoms with E-state index >= 15 is 0 Å². The number of ether oxygens (including phenoxy) is 1. The van der Waals surface area contributed by atoms with Crippen LogP contribution in [-0.2, 0) is 28.8 Å². The van der Waals surface area contributed by atoms with Crippen molar-refractivity contribution in [1.29, 1.82) is 0 Å². The topological polar surface area (TPSA) is 121 Å². The van der Waals surface area contributed by atoms with E-state index in [1.807, 2.05) is 17.7 Å². The number of alkyl halides is 3. The van der Waals surface area contributed by atoms with Crippen molar-refractivity contribution in [3.05, 3.63) is 46.3 Å². The quantitative estimate of drug-likeness (QED) is 0.411. The molecule has 0 spiro atoms. The number of halogens is 3. The van der Waals surface area contributed by atoms with Gasteiger partial charge in [0.05, 0.1) is 42.3 Å². The van der Waals surface area contributed by atoms with E-state index in [2.05, 4.69) is 25.5 Å². The van der Waals surface area contributed by atoms with Gasteiger partial charge in [-0.2, -0.15) is 18.3 Å². The number of aromatic amines is 1. The van der Waals surface area contributed by atoms with E-state index in [0.717, 1.165) is 23.6 Å². The highest BCUT2D eigenvalue weighted by Crippen LogP contribution is 2.28. The van der Waals surface area contributed by atoms with Crippen molar-refractivity contribution in [2.24, 2.45) is 0 Å². The maximum absolute atomic E-state index is 12.7. The minimum absolute atomic E-state index is 0.0546. The summed E-state index contributed by atoms with van der Waals surface area (Å²) in [5, 5.41) is 9.95. The number of amides is 1. The molecule has 0 aromatic carbocycles. The molecule has 1 fully saturated rings. The summed E-state index contributed by atoms with van der Waals surface area (Å²) in [7, 11) is 1.82. The molecule has 2 N–H and O–H groups in total. The average Bonchev–Trinajstić information content (AvgIpc) is 3.22. The zero-order valence-electron chi connectivity index (χ0n) is 19.7. The first-order valence-corrected chi connectivity index (χ1v) is 11.5. The fraction of sp³-hybridized carbons (Fsp3) is 0.500. The Labute approximate surface area is 204 Å². The number of nitrogens with zero attached hydrogens (tertiary/aromatic N) is 6. The number of nitrogens with one attached hydrogen (secondary N) is 2. The van der Waals surface area contributed by atoms with Crippen LogP contribution in [0.2, 0.25) is 0 Å². The number of rotatable bonds is 9. The molecule has 0 radical (unpaired) electrons. The van der Waals surface area contributed by atoms with E-state index in [-0.39, 0.29) is 30.4 Å². The van der Waals surface area contributed by atoms with Gasteiger partial charge in [0.15, 0.2) is 0 Å². The first-order chi connectivity index (χ1) is 17.3. The molecule has 194 valence electrons. The maximum Gasteiger partial charge on any atom is 0.419 e. The molecule has 1 saturated heterocycles. The van der Waals surface area contributed by atoms with Crippen LogP contribution in [0.4, 0.5) is 19.1 Å². The normalized spacial score (nSPS) is 14.6. The smallest absolute Gasteiger partial charge is 0.379 e. The third-order valence-electron chi connectivity index (χ3n) is 5.98. The molecule has 0 atom stereocenters. The monoisotopic (exact) mass is 508 g/mol. The van der Waals surface area contributed by atoms with Crippen LogP contribution in [0.1, 0.15) is 17.7 Å². The van der Waals surface area contributed by atoms with Gasteiger partial charge in [-0.15, -0.1) is 0 Å². The summed E-state index contributed by atoms with van der Waals surface area (Å²) in [6.07, 6.45) is -1.12. The number of H-pyrrole nitrogens is 1. The predicted octanol–water partition coefficient (Wildman–Crippen LogP) is 1.01. The van der Waals surface area contributed by atoms with Gasteiger partial charge in [-0.1, -0.05) is 0 Å². The standard InChI is InChI=1S/C22H27F3N8O3/c1-26-13-16-10-17-18(14-29-30-20(17)35)33(16)7-9-36-8-2-19(34)31-3-5-32(6-4-31)21-27-11-15(12-28-21)22(23,24)25/h10-12,14,26H,2-9,13H2,1H3,(H,30,35). The van der Waals surface area contributed by atoms with Crippen molar-refractivity contribution in [2.45, 2.75) is 25.7 Å². The molecule has 3 aromatic heterocycles. The number of anilines is 1. The van der Waals surface area contributed by atoms with Gasteiger partial charge >= 0.3 is 6.18 Å². The van der Waals surface area contributed by atoms with Crippen molar-refractivity contribution in [1.82, 2.24) is 34.9 Å². The lowest BCUT2D eigenvalue weighted by Gasteiger charge is -2.34. The summed E-state index contributed by atoms with van der Waals surface area (Å²) >= 11 is 0. The molecule has 0 saturated carbocycles. The molecule has 3 aromatic rings. The molecule has 1 amide bonds. The molecule has 36 heavy (non-hydrogen) atoms. The Hall–Kier alpha value is -3.52. The zero-order valence-corrected chi connectivity index (χ0v) is 19.7. The summed E-state index contributed by atoms with van der Waals surface area (Å²) in [6, 6.07) is 1.82. The number of hydrogen-bond acceptors (Lipinski definition) is 8. The highest BCUT2D eigenvalue weighted by atomic mass is 19.4. The van der Waals surface area contributed by atoms with E-state index in [1.165, 1.54) is 0 Å². The zero-order chi connectivity index (χ0) is 25.7. The molecule has 0 bridgehead atoms. The SMILES string of the molecule is CNCc1cc2c(=O)[nH]ncc2n1CCOCCC(=O)N1CCN(c2ncc(C(F)(F)F)cn2)CC1. The molecule has 11 nitrogen and oxygen atoms in total. The second-order valence-corrected chi connectivity index (χ2v) is 8.32. The van der Waals surface area contributed by atoms with Gasteiger partial charge < -0.3 is 24.4 Å². The van der Waals surface area contributed by atoms with Gasteiger partial charge in [0.2, 0.25) is 11.9 Å². The fourth-order valence-electron chi connectivity index (χ4n) is 4.11. The van der Waals surface area contributed by atoms with Crippen LogP contribution in [0.5, 0.6) is 0 Å². The lowest BCUT2D eigenvalue weighted by Crippen LogP contribution is -2.49. The van der Waals surface area contributed by atoms with Crippen molar-refractivity contribution in [2.75, 3.05) is 51.3 Å². The highest BCUT2D eigenvalue weighted by molar-refractivity contribution is 5.79. The number of carbonyl (C=O) groups excluding carboxylic acids is 1. The Morgan fingerprint density at radius 1 is 1.14 bits per heavy atom. The summed E-state index contributed by atoms with van der Waals surface area (Å²) in [5.41, 5.74) is 0.507. The van der Waals surface area contributed by atoms with Crippen molar-refractivity contribution in [3.63, 3.8) is 0 Å². The van der Waals surface area contributed by atoms with Crippen LogP contribution in [0.3, 0.4) is 0 Å². The van der Waals surface area contributed by atoms with Gasteiger partial charge in [0, 0.05) is 57.4 Å². The summed E-state index contributed by atoms with van der Waals surface area (Å²) in [5.74, 6) is 0.159. The Morgan fingerprint density at radius 3 is 2.53 bits per heavy atom. The van der Waals surface area contributed by atoms with Gasteiger partial charge in [0.25, 0.3) is 5.56 Å². The number of aromatic nitrogens is 5. The Kier molecular flexibility index (Phi) is 7.84. The van der Waals surface area contributed by atoms with E-state index in [0.29, 0.717) is 51.3 Å². The van der Waals surface area contributed by atoms with E-state index in [1.54, 1.807) is 16.0 Å². The Bertz CT molecular complexity index is 1230. The molecule has 4 heterocycles. The van der Waals surface area contributed by atoms with Gasteiger partial charge in [-0.25, -0.2) is 15.1 Å². The lowest BCUT2D eigenvalue weighted by molar-refractivity contribution is -0.138. The van der Waals surface area contributed by atoms with Crippen LogP contribution < -0.4 is 15.8 Å². The Balaban J connectivity index is 1.21. The number of piperazine rings is 1. The largest absolute Gasteiger partial charge is 0.419 e. The van der Waals surface area contributed by atoms with Crippen LogP contribution >= 0.6 is 0 Å². The summed E-state index contributed by atoms with van der Waals surface area (Å²) in [6.45, 7) is 3.41. The maximum atomic E-state index is 12.7. The summed E-state index contributed by atoms with van der Waals surface area (Å²) in [4.78, 5) is 35.7. The first kappa shape index (κ1) is 25.6. The van der Waals surface area contributed by atoms with E-state index in [4.69, 9.17) is 4.74 Å². The van der Waals surface area contributed by atoms with E-state index < -0.39 is 11.7 Å². The van der Waals surface area contributed by atoms with Gasteiger partial charge in [0.1, 0.15) is 0 Å². The second-order valence-electron chi connectivity index (χ2n) is 8.32. The van der Waals surface area contributed by atoms with Crippen molar-refractivity contribution >= 4 is 22.8 Å². The minimum Gasteiger partial charge on any atom is -0.379 e. The molecule has 1 aliphatic rings.